The molecule has 0 radical (unpaired) electrons. The van der Waals surface area contributed by atoms with E-state index in [4.69, 9.17) is 4.74 Å². The number of aliphatic hydroxyl groups excluding tert-OH is 1. The van der Waals surface area contributed by atoms with Gasteiger partial charge in [-0.3, -0.25) is 4.98 Å². The molecule has 0 saturated heterocycles. The summed E-state index contributed by atoms with van der Waals surface area (Å²) < 4.78 is 5.65. The lowest BCUT2D eigenvalue weighted by atomic mass is 10.1. The number of aliphatic hydroxyl groups is 1. The van der Waals surface area contributed by atoms with Gasteiger partial charge in [0.2, 0.25) is 0 Å². The molecule has 2 aromatic rings. The summed E-state index contributed by atoms with van der Waals surface area (Å²) in [6, 6.07) is 11.7. The second-order valence-corrected chi connectivity index (χ2v) is 4.35. The summed E-state index contributed by atoms with van der Waals surface area (Å²) >= 11 is 0. The summed E-state index contributed by atoms with van der Waals surface area (Å²) in [5.41, 5.74) is 2.16. The maximum absolute atomic E-state index is 9.29. The van der Waals surface area contributed by atoms with Crippen LogP contribution in [-0.4, -0.2) is 16.2 Å². The minimum Gasteiger partial charge on any atom is -0.489 e. The molecule has 0 aliphatic heterocycles. The highest BCUT2D eigenvalue weighted by molar-refractivity contribution is 5.28. The Balaban J connectivity index is 1.90. The number of aromatic nitrogens is 1. The Morgan fingerprint density at radius 3 is 2.56 bits per heavy atom. The zero-order valence-electron chi connectivity index (χ0n) is 10.4. The fraction of sp³-hybridized carbons (Fsp3) is 0.267. The molecule has 94 valence electrons. The van der Waals surface area contributed by atoms with E-state index in [1.165, 1.54) is 0 Å². The molecule has 1 heterocycles. The monoisotopic (exact) mass is 243 g/mol. The van der Waals surface area contributed by atoms with E-state index in [-0.39, 0.29) is 6.10 Å². The average Bonchev–Trinajstić information content (AvgIpc) is 2.38. The predicted octanol–water partition coefficient (Wildman–Crippen LogP) is 2.58. The van der Waals surface area contributed by atoms with Gasteiger partial charge in [0.15, 0.2) is 0 Å². The van der Waals surface area contributed by atoms with Crippen molar-refractivity contribution in [3.8, 4) is 5.75 Å². The normalized spacial score (nSPS) is 12.1. The number of nitrogens with zero attached hydrogens (tertiary/aromatic N) is 1. The Morgan fingerprint density at radius 1 is 1.17 bits per heavy atom. The Morgan fingerprint density at radius 2 is 1.94 bits per heavy atom. The molecule has 0 bridgehead atoms. The van der Waals surface area contributed by atoms with E-state index in [1.54, 1.807) is 19.3 Å². The Bertz CT molecular complexity index is 466. The third-order valence-electron chi connectivity index (χ3n) is 2.58. The summed E-state index contributed by atoms with van der Waals surface area (Å²) in [4.78, 5) is 4.04. The SMILES string of the molecule is CC(O)Cc1ccc(OCc2cccnc2)cc1. The standard InChI is InChI=1S/C15H17NO2/c1-12(17)9-13-4-6-15(7-5-13)18-11-14-3-2-8-16-10-14/h2-8,10,12,17H,9,11H2,1H3. The first-order chi connectivity index (χ1) is 8.74. The van der Waals surface area contributed by atoms with Gasteiger partial charge in [-0.25, -0.2) is 0 Å². The largest absolute Gasteiger partial charge is 0.489 e. The van der Waals surface area contributed by atoms with Crippen LogP contribution in [0.15, 0.2) is 48.8 Å². The van der Waals surface area contributed by atoms with E-state index in [0.29, 0.717) is 13.0 Å². The van der Waals surface area contributed by atoms with Crippen molar-refractivity contribution >= 4 is 0 Å². The van der Waals surface area contributed by atoms with Gasteiger partial charge in [0.25, 0.3) is 0 Å². The lowest BCUT2D eigenvalue weighted by molar-refractivity contribution is 0.195. The number of hydrogen-bond acceptors (Lipinski definition) is 3. The van der Waals surface area contributed by atoms with Gasteiger partial charge in [0.05, 0.1) is 6.10 Å². The number of rotatable bonds is 5. The number of ether oxygens (including phenoxy) is 1. The average molecular weight is 243 g/mol. The van der Waals surface area contributed by atoms with Gasteiger partial charge >= 0.3 is 0 Å². The summed E-state index contributed by atoms with van der Waals surface area (Å²) in [6.45, 7) is 2.30. The van der Waals surface area contributed by atoms with E-state index in [0.717, 1.165) is 16.9 Å². The van der Waals surface area contributed by atoms with Gasteiger partial charge in [-0.05, 0) is 37.1 Å². The van der Waals surface area contributed by atoms with Crippen LogP contribution >= 0.6 is 0 Å². The Kier molecular flexibility index (Phi) is 4.31. The molecule has 1 unspecified atom stereocenters. The number of benzene rings is 1. The first kappa shape index (κ1) is 12.6. The van der Waals surface area contributed by atoms with Crippen molar-refractivity contribution < 1.29 is 9.84 Å². The smallest absolute Gasteiger partial charge is 0.119 e. The topological polar surface area (TPSA) is 42.4 Å². The van der Waals surface area contributed by atoms with Crippen LogP contribution in [0.2, 0.25) is 0 Å². The van der Waals surface area contributed by atoms with Crippen LogP contribution in [0.4, 0.5) is 0 Å². The summed E-state index contributed by atoms with van der Waals surface area (Å²) in [5, 5.41) is 9.29. The van der Waals surface area contributed by atoms with Crippen molar-refractivity contribution in [2.24, 2.45) is 0 Å². The molecule has 0 aliphatic carbocycles. The fourth-order valence-corrected chi connectivity index (χ4v) is 1.71. The molecule has 0 fully saturated rings. The molecular weight excluding hydrogens is 226 g/mol. The molecule has 18 heavy (non-hydrogen) atoms. The number of pyridine rings is 1. The van der Waals surface area contributed by atoms with Crippen molar-refractivity contribution in [2.75, 3.05) is 0 Å². The van der Waals surface area contributed by atoms with Gasteiger partial charge in [-0.2, -0.15) is 0 Å². The van der Waals surface area contributed by atoms with Gasteiger partial charge in [-0.15, -0.1) is 0 Å². The van der Waals surface area contributed by atoms with Crippen LogP contribution < -0.4 is 4.74 Å². The van der Waals surface area contributed by atoms with Crippen molar-refractivity contribution in [3.05, 3.63) is 59.9 Å². The van der Waals surface area contributed by atoms with Crippen LogP contribution in [0.25, 0.3) is 0 Å². The van der Waals surface area contributed by atoms with Crippen LogP contribution in [0.3, 0.4) is 0 Å². The molecule has 1 atom stereocenters. The quantitative estimate of drug-likeness (QED) is 0.877. The van der Waals surface area contributed by atoms with Gasteiger partial charge < -0.3 is 9.84 Å². The minimum absolute atomic E-state index is 0.313. The van der Waals surface area contributed by atoms with Gasteiger partial charge in [-0.1, -0.05) is 18.2 Å². The van der Waals surface area contributed by atoms with E-state index >= 15 is 0 Å². The maximum Gasteiger partial charge on any atom is 0.119 e. The highest BCUT2D eigenvalue weighted by atomic mass is 16.5. The predicted molar refractivity (Wildman–Crippen MR) is 70.4 cm³/mol. The summed E-state index contributed by atoms with van der Waals surface area (Å²) in [7, 11) is 0. The van der Waals surface area contributed by atoms with Gasteiger partial charge in [0, 0.05) is 18.0 Å². The lowest BCUT2D eigenvalue weighted by Crippen LogP contribution is -2.03. The van der Waals surface area contributed by atoms with Crippen molar-refractivity contribution in [1.29, 1.82) is 0 Å². The third kappa shape index (κ3) is 3.86. The highest BCUT2D eigenvalue weighted by Crippen LogP contribution is 2.15. The van der Waals surface area contributed by atoms with Gasteiger partial charge in [0.1, 0.15) is 12.4 Å². The number of hydrogen-bond donors (Lipinski definition) is 1. The molecular formula is C15H17NO2. The van der Waals surface area contributed by atoms with Crippen LogP contribution in [-0.2, 0) is 13.0 Å². The van der Waals surface area contributed by atoms with E-state index < -0.39 is 0 Å². The molecule has 0 aliphatic rings. The summed E-state index contributed by atoms with van der Waals surface area (Å²) in [5.74, 6) is 0.827. The van der Waals surface area contributed by atoms with Crippen molar-refractivity contribution in [2.45, 2.75) is 26.1 Å². The molecule has 3 nitrogen and oxygen atoms in total. The molecule has 0 spiro atoms. The fourth-order valence-electron chi connectivity index (χ4n) is 1.71. The lowest BCUT2D eigenvalue weighted by Gasteiger charge is -2.08. The molecule has 1 aromatic heterocycles. The second-order valence-electron chi connectivity index (χ2n) is 4.35. The van der Waals surface area contributed by atoms with Crippen molar-refractivity contribution in [1.82, 2.24) is 4.98 Å². The molecule has 2 rings (SSSR count). The molecule has 1 N–H and O–H groups in total. The molecule has 3 heteroatoms. The Hall–Kier alpha value is -1.87. The van der Waals surface area contributed by atoms with Crippen molar-refractivity contribution in [3.63, 3.8) is 0 Å². The Labute approximate surface area is 107 Å². The summed E-state index contributed by atoms with van der Waals surface area (Å²) in [6.07, 6.45) is 3.89. The first-order valence-corrected chi connectivity index (χ1v) is 6.03. The zero-order valence-corrected chi connectivity index (χ0v) is 10.4. The highest BCUT2D eigenvalue weighted by Gasteiger charge is 2.00. The first-order valence-electron chi connectivity index (χ1n) is 6.03. The maximum atomic E-state index is 9.29. The zero-order chi connectivity index (χ0) is 12.8. The third-order valence-corrected chi connectivity index (χ3v) is 2.58. The minimum atomic E-state index is -0.313. The van der Waals surface area contributed by atoms with E-state index in [2.05, 4.69) is 4.98 Å². The molecule has 1 aromatic carbocycles. The second kappa shape index (κ2) is 6.17. The van der Waals surface area contributed by atoms with Crippen LogP contribution in [0.5, 0.6) is 5.75 Å². The van der Waals surface area contributed by atoms with E-state index in [9.17, 15) is 5.11 Å². The van der Waals surface area contributed by atoms with Crippen LogP contribution in [0, 0.1) is 0 Å². The van der Waals surface area contributed by atoms with E-state index in [1.807, 2.05) is 36.4 Å². The van der Waals surface area contributed by atoms with Crippen LogP contribution in [0.1, 0.15) is 18.1 Å². The molecule has 0 amide bonds. The molecule has 0 saturated carbocycles.